The minimum Gasteiger partial charge on any atom is -0.384 e. The van der Waals surface area contributed by atoms with Gasteiger partial charge >= 0.3 is 0 Å². The van der Waals surface area contributed by atoms with Gasteiger partial charge in [-0.2, -0.15) is 0 Å². The molecule has 1 atom stereocenters. The molecule has 0 saturated carbocycles. The standard InChI is InChI=1S/C19H18ClFN2O2/c1-19(25,13-2-5-15(21)6-3-13)11-23-18(24)8-12-10-22-17-7-4-14(20)9-16(12)17/h2-7,9-10,22,25H,8,11H2,1H3,(H,23,24). The number of aromatic nitrogens is 1. The topological polar surface area (TPSA) is 65.1 Å². The van der Waals surface area contributed by atoms with Crippen molar-refractivity contribution in [3.05, 3.63) is 70.6 Å². The first kappa shape index (κ1) is 17.5. The Hall–Kier alpha value is -2.37. The van der Waals surface area contributed by atoms with Crippen molar-refractivity contribution in [1.82, 2.24) is 10.3 Å². The van der Waals surface area contributed by atoms with Gasteiger partial charge in [0.05, 0.1) is 13.0 Å². The summed E-state index contributed by atoms with van der Waals surface area (Å²) >= 11 is 6.01. The fourth-order valence-corrected chi connectivity index (χ4v) is 2.89. The third-order valence-electron chi connectivity index (χ3n) is 4.18. The molecule has 0 saturated heterocycles. The molecule has 0 aliphatic rings. The van der Waals surface area contributed by atoms with Gasteiger partial charge < -0.3 is 15.4 Å². The van der Waals surface area contributed by atoms with E-state index in [1.54, 1.807) is 19.2 Å². The molecule has 3 aromatic rings. The highest BCUT2D eigenvalue weighted by atomic mass is 35.5. The Kier molecular flexibility index (Phi) is 4.79. The van der Waals surface area contributed by atoms with Crippen LogP contribution in [0.1, 0.15) is 18.1 Å². The Morgan fingerprint density at radius 3 is 2.72 bits per heavy atom. The number of aromatic amines is 1. The van der Waals surface area contributed by atoms with Gasteiger partial charge in [0.15, 0.2) is 0 Å². The van der Waals surface area contributed by atoms with Gasteiger partial charge in [0.1, 0.15) is 11.4 Å². The van der Waals surface area contributed by atoms with Crippen molar-refractivity contribution >= 4 is 28.4 Å². The highest BCUT2D eigenvalue weighted by Gasteiger charge is 2.24. The van der Waals surface area contributed by atoms with Crippen molar-refractivity contribution in [3.8, 4) is 0 Å². The zero-order valence-electron chi connectivity index (χ0n) is 13.6. The molecule has 0 aliphatic carbocycles. The summed E-state index contributed by atoms with van der Waals surface area (Å²) in [5, 5.41) is 14.7. The number of benzene rings is 2. The Balaban J connectivity index is 1.66. The number of aliphatic hydroxyl groups is 1. The number of rotatable bonds is 5. The second kappa shape index (κ2) is 6.86. The molecule has 1 aromatic heterocycles. The molecule has 0 aliphatic heterocycles. The van der Waals surface area contributed by atoms with Gasteiger partial charge in [-0.05, 0) is 48.4 Å². The molecule has 0 bridgehead atoms. The van der Waals surface area contributed by atoms with E-state index in [4.69, 9.17) is 11.6 Å². The number of hydrogen-bond acceptors (Lipinski definition) is 2. The molecule has 1 heterocycles. The van der Waals surface area contributed by atoms with Crippen LogP contribution in [0.3, 0.4) is 0 Å². The predicted molar refractivity (Wildman–Crippen MR) is 96.0 cm³/mol. The van der Waals surface area contributed by atoms with E-state index in [0.29, 0.717) is 10.6 Å². The zero-order chi connectivity index (χ0) is 18.0. The van der Waals surface area contributed by atoms with Crippen LogP contribution in [-0.2, 0) is 16.8 Å². The van der Waals surface area contributed by atoms with Gasteiger partial charge in [-0.25, -0.2) is 4.39 Å². The van der Waals surface area contributed by atoms with Crippen molar-refractivity contribution in [2.24, 2.45) is 0 Å². The lowest BCUT2D eigenvalue weighted by atomic mass is 9.96. The minimum absolute atomic E-state index is 0.0284. The molecule has 0 fully saturated rings. The van der Waals surface area contributed by atoms with E-state index in [9.17, 15) is 14.3 Å². The second-order valence-corrected chi connectivity index (χ2v) is 6.67. The van der Waals surface area contributed by atoms with Crippen molar-refractivity contribution in [3.63, 3.8) is 0 Å². The van der Waals surface area contributed by atoms with Crippen molar-refractivity contribution in [2.45, 2.75) is 18.9 Å². The molecule has 2 aromatic carbocycles. The van der Waals surface area contributed by atoms with Gasteiger partial charge in [-0.3, -0.25) is 4.79 Å². The van der Waals surface area contributed by atoms with E-state index in [1.165, 1.54) is 24.3 Å². The highest BCUT2D eigenvalue weighted by Crippen LogP contribution is 2.23. The van der Waals surface area contributed by atoms with Crippen LogP contribution < -0.4 is 5.32 Å². The fraction of sp³-hybridized carbons (Fsp3) is 0.211. The van der Waals surface area contributed by atoms with E-state index in [2.05, 4.69) is 10.3 Å². The minimum atomic E-state index is -1.28. The molecule has 25 heavy (non-hydrogen) atoms. The maximum absolute atomic E-state index is 13.0. The summed E-state index contributed by atoms with van der Waals surface area (Å²) in [6.07, 6.45) is 1.94. The molecule has 130 valence electrons. The van der Waals surface area contributed by atoms with Crippen molar-refractivity contribution < 1.29 is 14.3 Å². The number of hydrogen-bond donors (Lipinski definition) is 3. The number of amides is 1. The lowest BCUT2D eigenvalue weighted by molar-refractivity contribution is -0.121. The van der Waals surface area contributed by atoms with E-state index < -0.39 is 5.60 Å². The second-order valence-electron chi connectivity index (χ2n) is 6.24. The van der Waals surface area contributed by atoms with Crippen LogP contribution in [0.4, 0.5) is 4.39 Å². The molecule has 4 nitrogen and oxygen atoms in total. The number of carbonyl (C=O) groups excluding carboxylic acids is 1. The Morgan fingerprint density at radius 2 is 2.00 bits per heavy atom. The number of nitrogens with one attached hydrogen (secondary N) is 2. The lowest BCUT2D eigenvalue weighted by Gasteiger charge is -2.24. The van der Waals surface area contributed by atoms with E-state index in [0.717, 1.165) is 16.5 Å². The molecular formula is C19H18ClFN2O2. The first-order chi connectivity index (χ1) is 11.8. The van der Waals surface area contributed by atoms with Crippen LogP contribution in [0.2, 0.25) is 5.02 Å². The number of fused-ring (bicyclic) bond motifs is 1. The summed E-state index contributed by atoms with van der Waals surface area (Å²) < 4.78 is 13.0. The third kappa shape index (κ3) is 4.00. The summed E-state index contributed by atoms with van der Waals surface area (Å²) in [7, 11) is 0. The van der Waals surface area contributed by atoms with Crippen molar-refractivity contribution in [2.75, 3.05) is 6.54 Å². The highest BCUT2D eigenvalue weighted by molar-refractivity contribution is 6.31. The molecule has 0 radical (unpaired) electrons. The van der Waals surface area contributed by atoms with Gasteiger partial charge in [-0.1, -0.05) is 23.7 Å². The summed E-state index contributed by atoms with van der Waals surface area (Å²) in [4.78, 5) is 15.3. The number of halogens is 2. The zero-order valence-corrected chi connectivity index (χ0v) is 14.4. The van der Waals surface area contributed by atoms with Crippen LogP contribution in [0, 0.1) is 5.82 Å². The van der Waals surface area contributed by atoms with E-state index >= 15 is 0 Å². The molecule has 3 N–H and O–H groups in total. The maximum Gasteiger partial charge on any atom is 0.224 e. The van der Waals surface area contributed by atoms with Crippen LogP contribution in [0.15, 0.2) is 48.7 Å². The quantitative estimate of drug-likeness (QED) is 0.651. The van der Waals surface area contributed by atoms with Crippen LogP contribution in [0.25, 0.3) is 10.9 Å². The summed E-state index contributed by atoms with van der Waals surface area (Å²) in [5.74, 6) is -0.593. The van der Waals surface area contributed by atoms with E-state index in [1.807, 2.05) is 12.1 Å². The first-order valence-corrected chi connectivity index (χ1v) is 8.23. The monoisotopic (exact) mass is 360 g/mol. The van der Waals surface area contributed by atoms with E-state index in [-0.39, 0.29) is 24.7 Å². The molecule has 3 rings (SSSR count). The normalized spacial score (nSPS) is 13.6. The van der Waals surface area contributed by atoms with Crippen LogP contribution in [-0.4, -0.2) is 22.5 Å². The summed E-state index contributed by atoms with van der Waals surface area (Å²) in [5.41, 5.74) is 0.988. The largest absolute Gasteiger partial charge is 0.384 e. The Morgan fingerprint density at radius 1 is 1.28 bits per heavy atom. The van der Waals surface area contributed by atoms with Gasteiger partial charge in [0, 0.05) is 22.1 Å². The number of carbonyl (C=O) groups is 1. The third-order valence-corrected chi connectivity index (χ3v) is 4.41. The average Bonchev–Trinajstić information content (AvgIpc) is 2.96. The predicted octanol–water partition coefficient (Wildman–Crippen LogP) is 3.53. The molecule has 6 heteroatoms. The van der Waals surface area contributed by atoms with Gasteiger partial charge in [0.25, 0.3) is 0 Å². The van der Waals surface area contributed by atoms with Gasteiger partial charge in [0.2, 0.25) is 5.91 Å². The molecule has 0 spiro atoms. The smallest absolute Gasteiger partial charge is 0.224 e. The van der Waals surface area contributed by atoms with Gasteiger partial charge in [-0.15, -0.1) is 0 Å². The molecule has 1 amide bonds. The fourth-order valence-electron chi connectivity index (χ4n) is 2.71. The molecular weight excluding hydrogens is 343 g/mol. The maximum atomic E-state index is 13.0. The van der Waals surface area contributed by atoms with Crippen LogP contribution >= 0.6 is 11.6 Å². The summed E-state index contributed by atoms with van der Waals surface area (Å²) in [6, 6.07) is 11.0. The number of H-pyrrole nitrogens is 1. The summed E-state index contributed by atoms with van der Waals surface area (Å²) in [6.45, 7) is 1.60. The lowest BCUT2D eigenvalue weighted by Crippen LogP contribution is -2.39. The molecule has 1 unspecified atom stereocenters. The Bertz CT molecular complexity index is 903. The Labute approximate surface area is 149 Å². The first-order valence-electron chi connectivity index (χ1n) is 7.86. The SMILES string of the molecule is CC(O)(CNC(=O)Cc1c[nH]c2ccc(Cl)cc12)c1ccc(F)cc1. The van der Waals surface area contributed by atoms with Crippen molar-refractivity contribution in [1.29, 1.82) is 0 Å². The average molecular weight is 361 g/mol. The van der Waals surface area contributed by atoms with Crippen LogP contribution in [0.5, 0.6) is 0 Å².